The summed E-state index contributed by atoms with van der Waals surface area (Å²) < 4.78 is 13.1. The molecule has 0 spiro atoms. The van der Waals surface area contributed by atoms with Crippen molar-refractivity contribution in [1.29, 1.82) is 0 Å². The van der Waals surface area contributed by atoms with Crippen molar-refractivity contribution in [2.75, 3.05) is 0 Å². The molecule has 2 aromatic rings. The molecule has 0 bridgehead atoms. The highest BCUT2D eigenvalue weighted by molar-refractivity contribution is 5.97. The van der Waals surface area contributed by atoms with Crippen molar-refractivity contribution in [3.05, 3.63) is 47.3 Å². The Morgan fingerprint density at radius 3 is 2.62 bits per heavy atom. The lowest BCUT2D eigenvalue weighted by atomic mass is 9.97. The number of hydrogen-bond acceptors (Lipinski definition) is 1. The summed E-state index contributed by atoms with van der Waals surface area (Å²) in [6.45, 7) is 1.87. The normalized spacial score (nSPS) is 10.6. The lowest BCUT2D eigenvalue weighted by Crippen LogP contribution is -2.02. The largest absolute Gasteiger partial charge is 0.478 e. The number of rotatable bonds is 2. The van der Waals surface area contributed by atoms with Gasteiger partial charge in [0.15, 0.2) is 0 Å². The molecule has 0 amide bonds. The van der Waals surface area contributed by atoms with Crippen LogP contribution >= 0.6 is 0 Å². The molecule has 0 aliphatic rings. The minimum absolute atomic E-state index is 0.251. The van der Waals surface area contributed by atoms with Crippen LogP contribution in [-0.2, 0) is 6.42 Å². The second-order valence-electron chi connectivity index (χ2n) is 3.62. The van der Waals surface area contributed by atoms with E-state index in [0.717, 1.165) is 5.39 Å². The first-order chi connectivity index (χ1) is 7.63. The smallest absolute Gasteiger partial charge is 0.335 e. The van der Waals surface area contributed by atoms with Crippen LogP contribution in [0.3, 0.4) is 0 Å². The first kappa shape index (κ1) is 10.6. The Labute approximate surface area is 92.3 Å². The van der Waals surface area contributed by atoms with Crippen LogP contribution in [0.15, 0.2) is 30.3 Å². The van der Waals surface area contributed by atoms with Gasteiger partial charge in [0.05, 0.1) is 5.56 Å². The monoisotopic (exact) mass is 218 g/mol. The lowest BCUT2D eigenvalue weighted by Gasteiger charge is -2.08. The van der Waals surface area contributed by atoms with Gasteiger partial charge in [0.1, 0.15) is 5.82 Å². The van der Waals surface area contributed by atoms with E-state index >= 15 is 0 Å². The molecule has 0 aliphatic carbocycles. The number of halogens is 1. The summed E-state index contributed by atoms with van der Waals surface area (Å²) in [5.41, 5.74) is 0.935. The fourth-order valence-electron chi connectivity index (χ4n) is 1.94. The molecule has 3 heteroatoms. The van der Waals surface area contributed by atoms with Gasteiger partial charge in [0, 0.05) is 0 Å². The van der Waals surface area contributed by atoms with Gasteiger partial charge < -0.3 is 5.11 Å². The minimum Gasteiger partial charge on any atom is -0.478 e. The molecule has 0 radical (unpaired) electrons. The lowest BCUT2D eigenvalue weighted by molar-refractivity contribution is 0.0696. The summed E-state index contributed by atoms with van der Waals surface area (Å²) >= 11 is 0. The Morgan fingerprint density at radius 2 is 2.00 bits per heavy atom. The molecular formula is C13H11FO2. The molecule has 0 aliphatic heterocycles. The number of carboxylic acid groups (broad SMARTS) is 1. The second-order valence-corrected chi connectivity index (χ2v) is 3.62. The molecule has 82 valence electrons. The van der Waals surface area contributed by atoms with Gasteiger partial charge >= 0.3 is 5.97 Å². The second kappa shape index (κ2) is 3.93. The van der Waals surface area contributed by atoms with Crippen molar-refractivity contribution in [1.82, 2.24) is 0 Å². The average Bonchev–Trinajstić information content (AvgIpc) is 2.27. The highest BCUT2D eigenvalue weighted by Gasteiger charge is 2.12. The Bertz CT molecular complexity index is 561. The van der Waals surface area contributed by atoms with E-state index in [1.807, 2.05) is 6.92 Å². The fraction of sp³-hybridized carbons (Fsp3) is 0.154. The molecule has 2 rings (SSSR count). The molecule has 0 fully saturated rings. The van der Waals surface area contributed by atoms with Crippen LogP contribution in [0.5, 0.6) is 0 Å². The zero-order chi connectivity index (χ0) is 11.7. The zero-order valence-corrected chi connectivity index (χ0v) is 8.83. The number of hydrogen-bond donors (Lipinski definition) is 1. The van der Waals surface area contributed by atoms with Gasteiger partial charge in [-0.3, -0.25) is 0 Å². The molecule has 0 heterocycles. The van der Waals surface area contributed by atoms with E-state index in [0.29, 0.717) is 17.4 Å². The summed E-state index contributed by atoms with van der Waals surface area (Å²) in [6.07, 6.45) is 0.572. The predicted octanol–water partition coefficient (Wildman–Crippen LogP) is 3.24. The molecule has 0 atom stereocenters. The molecular weight excluding hydrogens is 207 g/mol. The summed E-state index contributed by atoms with van der Waals surface area (Å²) in [7, 11) is 0. The predicted molar refractivity (Wildman–Crippen MR) is 60.2 cm³/mol. The van der Waals surface area contributed by atoms with E-state index < -0.39 is 5.97 Å². The van der Waals surface area contributed by atoms with E-state index in [1.165, 1.54) is 12.1 Å². The van der Waals surface area contributed by atoms with Crippen molar-refractivity contribution in [3.8, 4) is 0 Å². The summed E-state index contributed by atoms with van der Waals surface area (Å²) in [4.78, 5) is 11.0. The number of carboxylic acids is 1. The van der Waals surface area contributed by atoms with E-state index in [9.17, 15) is 9.18 Å². The van der Waals surface area contributed by atoms with Crippen LogP contribution in [-0.4, -0.2) is 11.1 Å². The van der Waals surface area contributed by atoms with E-state index in [4.69, 9.17) is 5.11 Å². The van der Waals surface area contributed by atoms with Crippen LogP contribution in [0, 0.1) is 5.82 Å². The van der Waals surface area contributed by atoms with Crippen molar-refractivity contribution in [2.45, 2.75) is 13.3 Å². The third kappa shape index (κ3) is 1.65. The summed E-state index contributed by atoms with van der Waals surface area (Å²) in [5, 5.41) is 10.6. The van der Waals surface area contributed by atoms with Gasteiger partial charge in [-0.1, -0.05) is 19.1 Å². The van der Waals surface area contributed by atoms with Crippen LogP contribution in [0.1, 0.15) is 22.8 Å². The fourth-order valence-corrected chi connectivity index (χ4v) is 1.94. The number of benzene rings is 2. The van der Waals surface area contributed by atoms with Crippen molar-refractivity contribution in [3.63, 3.8) is 0 Å². The van der Waals surface area contributed by atoms with Gasteiger partial charge in [-0.05, 0) is 41.0 Å². The number of carbonyl (C=O) groups is 1. The minimum atomic E-state index is -0.969. The molecule has 0 unspecified atom stereocenters. The third-order valence-electron chi connectivity index (χ3n) is 2.68. The maximum Gasteiger partial charge on any atom is 0.335 e. The Hall–Kier alpha value is -1.90. The highest BCUT2D eigenvalue weighted by atomic mass is 19.1. The molecule has 2 aromatic carbocycles. The van der Waals surface area contributed by atoms with Gasteiger partial charge in [0.25, 0.3) is 0 Å². The first-order valence-corrected chi connectivity index (χ1v) is 5.08. The molecule has 0 saturated carbocycles. The van der Waals surface area contributed by atoms with Crippen LogP contribution in [0.25, 0.3) is 10.8 Å². The SMILES string of the molecule is CCc1c(C(=O)O)ccc2ccc(F)cc12. The van der Waals surface area contributed by atoms with Crippen LogP contribution in [0.4, 0.5) is 4.39 Å². The number of aryl methyl sites for hydroxylation is 1. The molecule has 16 heavy (non-hydrogen) atoms. The van der Waals surface area contributed by atoms with Gasteiger partial charge in [-0.25, -0.2) is 9.18 Å². The van der Waals surface area contributed by atoms with E-state index in [1.54, 1.807) is 18.2 Å². The maximum atomic E-state index is 13.1. The number of fused-ring (bicyclic) bond motifs is 1. The summed E-state index contributed by atoms with van der Waals surface area (Å²) in [5.74, 6) is -1.31. The number of aromatic carboxylic acids is 1. The maximum absolute atomic E-state index is 13.1. The van der Waals surface area contributed by atoms with Gasteiger partial charge in [-0.15, -0.1) is 0 Å². The Balaban J connectivity index is 2.83. The quantitative estimate of drug-likeness (QED) is 0.840. The van der Waals surface area contributed by atoms with E-state index in [2.05, 4.69) is 0 Å². The third-order valence-corrected chi connectivity index (χ3v) is 2.68. The zero-order valence-electron chi connectivity index (χ0n) is 8.83. The van der Waals surface area contributed by atoms with Crippen LogP contribution in [0.2, 0.25) is 0 Å². The van der Waals surface area contributed by atoms with Crippen molar-refractivity contribution < 1.29 is 14.3 Å². The molecule has 1 N–H and O–H groups in total. The van der Waals surface area contributed by atoms with Crippen molar-refractivity contribution in [2.24, 2.45) is 0 Å². The van der Waals surface area contributed by atoms with Crippen LogP contribution < -0.4 is 0 Å². The Morgan fingerprint density at radius 1 is 1.31 bits per heavy atom. The Kier molecular flexibility index (Phi) is 2.60. The molecule has 0 aromatic heterocycles. The highest BCUT2D eigenvalue weighted by Crippen LogP contribution is 2.24. The summed E-state index contributed by atoms with van der Waals surface area (Å²) in [6, 6.07) is 7.71. The first-order valence-electron chi connectivity index (χ1n) is 5.08. The average molecular weight is 218 g/mol. The van der Waals surface area contributed by atoms with Gasteiger partial charge in [-0.2, -0.15) is 0 Å². The van der Waals surface area contributed by atoms with Gasteiger partial charge in [0.2, 0.25) is 0 Å². The van der Waals surface area contributed by atoms with E-state index in [-0.39, 0.29) is 11.4 Å². The van der Waals surface area contributed by atoms with Crippen molar-refractivity contribution >= 4 is 16.7 Å². The molecule has 0 saturated heterocycles. The standard InChI is InChI=1S/C13H11FO2/c1-2-10-11(13(15)16)6-4-8-3-5-9(14)7-12(8)10/h3-7H,2H2,1H3,(H,15,16). The molecule has 2 nitrogen and oxygen atoms in total. The topological polar surface area (TPSA) is 37.3 Å².